The van der Waals surface area contributed by atoms with Gasteiger partial charge in [-0.3, -0.25) is 4.79 Å². The van der Waals surface area contributed by atoms with Crippen molar-refractivity contribution >= 4 is 16.2 Å². The minimum absolute atomic E-state index is 0.110. The molecule has 0 heterocycles. The van der Waals surface area contributed by atoms with E-state index < -0.39 is 22.2 Å². The Labute approximate surface area is 126 Å². The molecule has 0 saturated heterocycles. The second-order valence-corrected chi connectivity index (χ2v) is 7.12. The van der Waals surface area contributed by atoms with Gasteiger partial charge in [-0.25, -0.2) is 0 Å². The first kappa shape index (κ1) is 17.6. The number of hydrogen-bond donors (Lipinski definition) is 2. The molecule has 1 unspecified atom stereocenters. The van der Waals surface area contributed by atoms with Gasteiger partial charge in [-0.2, -0.15) is 17.4 Å². The summed E-state index contributed by atoms with van der Waals surface area (Å²) in [6.45, 7) is 3.80. The first-order valence-corrected chi connectivity index (χ1v) is 8.15. The maximum atomic E-state index is 12.3. The van der Waals surface area contributed by atoms with Crippen LogP contribution in [0, 0.1) is 5.92 Å². The number of nitrogens with one attached hydrogen (secondary N) is 1. The summed E-state index contributed by atoms with van der Waals surface area (Å²) in [5, 5.41) is 8.86. The smallest absolute Gasteiger partial charge is 0.304 e. The maximum Gasteiger partial charge on any atom is 0.304 e. The van der Waals surface area contributed by atoms with E-state index in [1.54, 1.807) is 13.8 Å². The second kappa shape index (κ2) is 7.53. The molecule has 0 bridgehead atoms. The monoisotopic (exact) mass is 314 g/mol. The van der Waals surface area contributed by atoms with Gasteiger partial charge in [-0.05, 0) is 11.5 Å². The normalized spacial score (nSPS) is 13.6. The predicted octanol–water partition coefficient (Wildman–Crippen LogP) is 1.45. The van der Waals surface area contributed by atoms with Gasteiger partial charge in [0.1, 0.15) is 0 Å². The standard InChI is InChI=1S/C14H22N2O4S/c1-11(2)13(9-14(17)18)15-21(19,20)16(3)10-12-7-5-4-6-8-12/h4-8,11,13,15H,9-10H2,1-3H3,(H,17,18). The van der Waals surface area contributed by atoms with Gasteiger partial charge in [0, 0.05) is 19.6 Å². The fourth-order valence-electron chi connectivity index (χ4n) is 1.81. The number of benzene rings is 1. The highest BCUT2D eigenvalue weighted by Crippen LogP contribution is 2.11. The van der Waals surface area contributed by atoms with E-state index in [1.807, 2.05) is 30.3 Å². The Morgan fingerprint density at radius 3 is 2.33 bits per heavy atom. The highest BCUT2D eigenvalue weighted by molar-refractivity contribution is 7.87. The summed E-state index contributed by atoms with van der Waals surface area (Å²) in [7, 11) is -2.26. The fourth-order valence-corrected chi connectivity index (χ4v) is 3.05. The van der Waals surface area contributed by atoms with E-state index in [-0.39, 0.29) is 18.9 Å². The molecule has 2 N–H and O–H groups in total. The van der Waals surface area contributed by atoms with E-state index in [0.29, 0.717) is 0 Å². The Hall–Kier alpha value is -1.44. The number of carboxylic acid groups (broad SMARTS) is 1. The van der Waals surface area contributed by atoms with Crippen LogP contribution >= 0.6 is 0 Å². The van der Waals surface area contributed by atoms with E-state index in [1.165, 1.54) is 11.4 Å². The van der Waals surface area contributed by atoms with Gasteiger partial charge in [-0.1, -0.05) is 44.2 Å². The molecule has 1 atom stereocenters. The Morgan fingerprint density at radius 1 is 1.29 bits per heavy atom. The van der Waals surface area contributed by atoms with Crippen LogP contribution in [0.1, 0.15) is 25.8 Å². The van der Waals surface area contributed by atoms with E-state index in [2.05, 4.69) is 4.72 Å². The molecule has 0 saturated carbocycles. The van der Waals surface area contributed by atoms with Gasteiger partial charge < -0.3 is 5.11 Å². The minimum atomic E-state index is -3.73. The van der Waals surface area contributed by atoms with Crippen molar-refractivity contribution in [3.05, 3.63) is 35.9 Å². The average Bonchev–Trinajstić information content (AvgIpc) is 2.38. The number of rotatable bonds is 8. The number of aliphatic carboxylic acids is 1. The zero-order valence-corrected chi connectivity index (χ0v) is 13.3. The van der Waals surface area contributed by atoms with E-state index in [4.69, 9.17) is 5.11 Å². The van der Waals surface area contributed by atoms with Gasteiger partial charge >= 0.3 is 5.97 Å². The van der Waals surface area contributed by atoms with Crippen molar-refractivity contribution in [3.63, 3.8) is 0 Å². The first-order chi connectivity index (χ1) is 9.72. The maximum absolute atomic E-state index is 12.3. The van der Waals surface area contributed by atoms with Crippen molar-refractivity contribution in [2.75, 3.05) is 7.05 Å². The van der Waals surface area contributed by atoms with E-state index in [9.17, 15) is 13.2 Å². The number of hydrogen-bond acceptors (Lipinski definition) is 3. The van der Waals surface area contributed by atoms with Crippen LogP contribution in [-0.4, -0.2) is 36.9 Å². The van der Waals surface area contributed by atoms with Crippen molar-refractivity contribution in [3.8, 4) is 0 Å². The molecule has 1 aromatic rings. The molecule has 0 aromatic heterocycles. The summed E-state index contributed by atoms with van der Waals surface area (Å²) in [5.74, 6) is -1.14. The lowest BCUT2D eigenvalue weighted by atomic mass is 10.0. The van der Waals surface area contributed by atoms with Crippen molar-refractivity contribution in [2.24, 2.45) is 5.92 Å². The largest absolute Gasteiger partial charge is 0.481 e. The molecular weight excluding hydrogens is 292 g/mol. The second-order valence-electron chi connectivity index (χ2n) is 5.31. The van der Waals surface area contributed by atoms with Crippen LogP contribution in [0.3, 0.4) is 0 Å². The molecule has 0 amide bonds. The molecule has 0 spiro atoms. The lowest BCUT2D eigenvalue weighted by Gasteiger charge is -2.24. The third kappa shape index (κ3) is 5.82. The molecule has 1 rings (SSSR count). The SMILES string of the molecule is CC(C)C(CC(=O)O)NS(=O)(=O)N(C)Cc1ccccc1. The highest BCUT2D eigenvalue weighted by Gasteiger charge is 2.26. The zero-order valence-electron chi connectivity index (χ0n) is 12.5. The Balaban J connectivity index is 2.76. The topological polar surface area (TPSA) is 86.7 Å². The van der Waals surface area contributed by atoms with Crippen molar-refractivity contribution in [1.29, 1.82) is 0 Å². The van der Waals surface area contributed by atoms with Gasteiger partial charge in [0.25, 0.3) is 10.2 Å². The Bertz CT molecular complexity index is 558. The van der Waals surface area contributed by atoms with Crippen molar-refractivity contribution in [2.45, 2.75) is 32.9 Å². The molecule has 1 aromatic carbocycles. The van der Waals surface area contributed by atoms with Gasteiger partial charge in [0.2, 0.25) is 0 Å². The molecule has 0 aliphatic heterocycles. The summed E-state index contributed by atoms with van der Waals surface area (Å²) in [4.78, 5) is 10.8. The molecule has 118 valence electrons. The van der Waals surface area contributed by atoms with Crippen LogP contribution in [-0.2, 0) is 21.5 Å². The van der Waals surface area contributed by atoms with E-state index >= 15 is 0 Å². The summed E-state index contributed by atoms with van der Waals surface area (Å²) in [5.41, 5.74) is 0.865. The van der Waals surface area contributed by atoms with Crippen molar-refractivity contribution in [1.82, 2.24) is 9.03 Å². The Morgan fingerprint density at radius 2 is 1.86 bits per heavy atom. The molecule has 0 fully saturated rings. The first-order valence-electron chi connectivity index (χ1n) is 6.71. The predicted molar refractivity (Wildman–Crippen MR) is 80.8 cm³/mol. The minimum Gasteiger partial charge on any atom is -0.481 e. The molecule has 6 nitrogen and oxygen atoms in total. The van der Waals surface area contributed by atoms with Crippen LogP contribution in [0.5, 0.6) is 0 Å². The third-order valence-electron chi connectivity index (χ3n) is 3.16. The number of carbonyl (C=O) groups is 1. The number of nitrogens with zero attached hydrogens (tertiary/aromatic N) is 1. The fraction of sp³-hybridized carbons (Fsp3) is 0.500. The van der Waals surface area contributed by atoms with Gasteiger partial charge in [0.15, 0.2) is 0 Å². The van der Waals surface area contributed by atoms with Crippen LogP contribution in [0.15, 0.2) is 30.3 Å². The molecule has 0 radical (unpaired) electrons. The van der Waals surface area contributed by atoms with Gasteiger partial charge in [-0.15, -0.1) is 0 Å². The lowest BCUT2D eigenvalue weighted by Crippen LogP contribution is -2.46. The lowest BCUT2D eigenvalue weighted by molar-refractivity contribution is -0.137. The van der Waals surface area contributed by atoms with Crippen LogP contribution in [0.4, 0.5) is 0 Å². The van der Waals surface area contributed by atoms with Crippen LogP contribution in [0.25, 0.3) is 0 Å². The number of carboxylic acids is 1. The zero-order chi connectivity index (χ0) is 16.0. The van der Waals surface area contributed by atoms with Crippen LogP contribution < -0.4 is 4.72 Å². The summed E-state index contributed by atoms with van der Waals surface area (Å²) in [6, 6.07) is 8.57. The highest BCUT2D eigenvalue weighted by atomic mass is 32.2. The summed E-state index contributed by atoms with van der Waals surface area (Å²) < 4.78 is 28.1. The van der Waals surface area contributed by atoms with Crippen LogP contribution in [0.2, 0.25) is 0 Å². The van der Waals surface area contributed by atoms with E-state index in [0.717, 1.165) is 5.56 Å². The quantitative estimate of drug-likeness (QED) is 0.760. The molecule has 0 aliphatic carbocycles. The molecular formula is C14H22N2O4S. The third-order valence-corrected chi connectivity index (χ3v) is 4.71. The van der Waals surface area contributed by atoms with Crippen molar-refractivity contribution < 1.29 is 18.3 Å². The average molecular weight is 314 g/mol. The molecule has 0 aliphatic rings. The summed E-state index contributed by atoms with van der Waals surface area (Å²) in [6.07, 6.45) is -0.240. The summed E-state index contributed by atoms with van der Waals surface area (Å²) >= 11 is 0. The van der Waals surface area contributed by atoms with Gasteiger partial charge in [0.05, 0.1) is 6.42 Å². The molecule has 21 heavy (non-hydrogen) atoms. The molecule has 7 heteroatoms. The Kier molecular flexibility index (Phi) is 6.32.